The fourth-order valence-electron chi connectivity index (χ4n) is 4.25. The molecule has 1 N–H and O–H groups in total. The van der Waals surface area contributed by atoms with Crippen molar-refractivity contribution in [3.05, 3.63) is 36.0 Å². The fraction of sp³-hybridized carbons (Fsp3) is 0.550. The molecule has 1 spiro atoms. The predicted molar refractivity (Wildman–Crippen MR) is 98.4 cm³/mol. The molecule has 0 radical (unpaired) electrons. The Bertz CT molecular complexity index is 759. The van der Waals surface area contributed by atoms with Crippen LogP contribution in [0.5, 0.6) is 0 Å². The van der Waals surface area contributed by atoms with E-state index in [9.17, 15) is 4.79 Å². The number of aryl methyl sites for hydroxylation is 1. The van der Waals surface area contributed by atoms with E-state index in [-0.39, 0.29) is 11.5 Å². The maximum Gasteiger partial charge on any atom is 0.222 e. The summed E-state index contributed by atoms with van der Waals surface area (Å²) in [5.74, 6) is 0.136. The third kappa shape index (κ3) is 3.31. The first-order chi connectivity index (χ1) is 12.2. The van der Waals surface area contributed by atoms with Crippen LogP contribution in [0.25, 0.3) is 10.9 Å². The minimum absolute atomic E-state index is 0.136. The van der Waals surface area contributed by atoms with Gasteiger partial charge in [0, 0.05) is 49.8 Å². The topological polar surface area (TPSA) is 46.5 Å². The lowest BCUT2D eigenvalue weighted by molar-refractivity contribution is -0.128. The van der Waals surface area contributed by atoms with Crippen LogP contribution in [0.15, 0.2) is 30.5 Å². The number of carbonyl (C=O) groups excluding carboxylic acids is 1. The third-order valence-corrected chi connectivity index (χ3v) is 5.72. The highest BCUT2D eigenvalue weighted by Gasteiger charge is 2.38. The lowest BCUT2D eigenvalue weighted by Crippen LogP contribution is -2.46. The molecule has 0 saturated carbocycles. The summed E-state index contributed by atoms with van der Waals surface area (Å²) in [5.41, 5.74) is 2.46. The van der Waals surface area contributed by atoms with Gasteiger partial charge < -0.3 is 14.6 Å². The average Bonchev–Trinajstić information content (AvgIpc) is 2.96. The van der Waals surface area contributed by atoms with Crippen LogP contribution < -0.4 is 5.32 Å². The monoisotopic (exact) mass is 341 g/mol. The van der Waals surface area contributed by atoms with Crippen molar-refractivity contribution < 1.29 is 9.53 Å². The molecule has 4 rings (SSSR count). The molecule has 1 aromatic heterocycles. The normalized spacial score (nSPS) is 21.4. The summed E-state index contributed by atoms with van der Waals surface area (Å²) < 4.78 is 8.37. The largest absolute Gasteiger partial charge is 0.373 e. The third-order valence-electron chi connectivity index (χ3n) is 5.72. The SMILES string of the molecule is CCn1ccc2c(CN3CCC4(CC3)CC(=O)NCCO4)cccc21. The summed E-state index contributed by atoms with van der Waals surface area (Å²) in [7, 11) is 0. The smallest absolute Gasteiger partial charge is 0.222 e. The highest BCUT2D eigenvalue weighted by Crippen LogP contribution is 2.32. The number of fused-ring (bicyclic) bond motifs is 1. The molecular formula is C20H27N3O2. The lowest BCUT2D eigenvalue weighted by Gasteiger charge is -2.40. The zero-order valence-electron chi connectivity index (χ0n) is 15.0. The molecule has 0 unspecified atom stereocenters. The Kier molecular flexibility index (Phi) is 4.52. The summed E-state index contributed by atoms with van der Waals surface area (Å²) in [6, 6.07) is 8.83. The Morgan fingerprint density at radius 3 is 2.88 bits per heavy atom. The van der Waals surface area contributed by atoms with E-state index >= 15 is 0 Å². The molecule has 2 aliphatic heterocycles. The molecule has 2 fully saturated rings. The van der Waals surface area contributed by atoms with Gasteiger partial charge in [-0.15, -0.1) is 0 Å². The van der Waals surface area contributed by atoms with Crippen LogP contribution in [0, 0.1) is 0 Å². The fourth-order valence-corrected chi connectivity index (χ4v) is 4.25. The minimum Gasteiger partial charge on any atom is -0.373 e. The summed E-state index contributed by atoms with van der Waals surface area (Å²) in [5, 5.41) is 4.27. The molecule has 2 aliphatic rings. The number of piperidine rings is 1. The molecule has 1 aromatic carbocycles. The summed E-state index contributed by atoms with van der Waals surface area (Å²) in [6.07, 6.45) is 4.56. The van der Waals surface area contributed by atoms with Crippen LogP contribution >= 0.6 is 0 Å². The molecule has 3 heterocycles. The number of rotatable bonds is 3. The number of nitrogens with zero attached hydrogens (tertiary/aromatic N) is 2. The quantitative estimate of drug-likeness (QED) is 0.933. The second kappa shape index (κ2) is 6.81. The average molecular weight is 341 g/mol. The standard InChI is InChI=1S/C20H27N3O2/c1-2-23-10-6-17-16(4-3-5-18(17)23)15-22-11-7-20(8-12-22)14-19(24)21-9-13-25-20/h3-6,10H,2,7-9,11-15H2,1H3,(H,21,24). The van der Waals surface area contributed by atoms with Crippen molar-refractivity contribution in [2.24, 2.45) is 0 Å². The molecule has 0 bridgehead atoms. The van der Waals surface area contributed by atoms with Gasteiger partial charge in [-0.05, 0) is 37.5 Å². The van der Waals surface area contributed by atoms with Gasteiger partial charge in [-0.25, -0.2) is 0 Å². The predicted octanol–water partition coefficient (Wildman–Crippen LogP) is 2.53. The van der Waals surface area contributed by atoms with E-state index in [0.29, 0.717) is 19.6 Å². The highest BCUT2D eigenvalue weighted by atomic mass is 16.5. The van der Waals surface area contributed by atoms with Gasteiger partial charge in [-0.3, -0.25) is 9.69 Å². The van der Waals surface area contributed by atoms with E-state index < -0.39 is 0 Å². The number of nitrogens with one attached hydrogen (secondary N) is 1. The van der Waals surface area contributed by atoms with E-state index in [0.717, 1.165) is 39.0 Å². The van der Waals surface area contributed by atoms with Gasteiger partial charge in [0.2, 0.25) is 5.91 Å². The minimum atomic E-state index is -0.241. The molecule has 5 heteroatoms. The van der Waals surface area contributed by atoms with Crippen molar-refractivity contribution in [1.82, 2.24) is 14.8 Å². The summed E-state index contributed by atoms with van der Waals surface area (Å²) in [4.78, 5) is 14.4. The van der Waals surface area contributed by atoms with Crippen molar-refractivity contribution in [2.45, 2.75) is 44.9 Å². The second-order valence-electron chi connectivity index (χ2n) is 7.29. The van der Waals surface area contributed by atoms with Crippen LogP contribution in [0.2, 0.25) is 0 Å². The molecule has 0 atom stereocenters. The second-order valence-corrected chi connectivity index (χ2v) is 7.29. The van der Waals surface area contributed by atoms with Crippen LogP contribution in [-0.4, -0.2) is 47.2 Å². The van der Waals surface area contributed by atoms with E-state index in [1.54, 1.807) is 0 Å². The van der Waals surface area contributed by atoms with Crippen LogP contribution in [0.1, 0.15) is 31.7 Å². The van der Waals surface area contributed by atoms with E-state index in [1.165, 1.54) is 16.5 Å². The summed E-state index contributed by atoms with van der Waals surface area (Å²) in [6.45, 7) is 7.39. The zero-order chi connectivity index (χ0) is 17.3. The maximum absolute atomic E-state index is 11.9. The summed E-state index contributed by atoms with van der Waals surface area (Å²) >= 11 is 0. The molecule has 2 saturated heterocycles. The van der Waals surface area contributed by atoms with Gasteiger partial charge in [0.05, 0.1) is 18.6 Å². The highest BCUT2D eigenvalue weighted by molar-refractivity contribution is 5.83. The van der Waals surface area contributed by atoms with Gasteiger partial charge in [0.25, 0.3) is 0 Å². The molecule has 25 heavy (non-hydrogen) atoms. The van der Waals surface area contributed by atoms with Gasteiger partial charge >= 0.3 is 0 Å². The van der Waals surface area contributed by atoms with E-state index in [1.807, 2.05) is 0 Å². The van der Waals surface area contributed by atoms with Crippen molar-refractivity contribution in [2.75, 3.05) is 26.2 Å². The Morgan fingerprint density at radius 2 is 2.08 bits per heavy atom. The number of likely N-dealkylation sites (tertiary alicyclic amines) is 1. The Balaban J connectivity index is 1.45. The zero-order valence-corrected chi connectivity index (χ0v) is 15.0. The first-order valence-corrected chi connectivity index (χ1v) is 9.39. The van der Waals surface area contributed by atoms with Crippen molar-refractivity contribution in [1.29, 1.82) is 0 Å². The van der Waals surface area contributed by atoms with Gasteiger partial charge in [-0.1, -0.05) is 12.1 Å². The maximum atomic E-state index is 11.9. The number of aromatic nitrogens is 1. The number of benzene rings is 1. The van der Waals surface area contributed by atoms with Gasteiger partial charge in [0.1, 0.15) is 0 Å². The molecule has 5 nitrogen and oxygen atoms in total. The molecular weight excluding hydrogens is 314 g/mol. The molecule has 2 aromatic rings. The Hall–Kier alpha value is -1.85. The molecule has 1 amide bonds. The Labute approximate surface area is 148 Å². The first-order valence-electron chi connectivity index (χ1n) is 9.39. The lowest BCUT2D eigenvalue weighted by atomic mass is 9.87. The van der Waals surface area contributed by atoms with Gasteiger partial charge in [-0.2, -0.15) is 0 Å². The molecule has 0 aliphatic carbocycles. The van der Waals surface area contributed by atoms with Crippen molar-refractivity contribution >= 4 is 16.8 Å². The first kappa shape index (κ1) is 16.6. The van der Waals surface area contributed by atoms with Gasteiger partial charge in [0.15, 0.2) is 0 Å². The van der Waals surface area contributed by atoms with E-state index in [2.05, 4.69) is 52.2 Å². The number of hydrogen-bond acceptors (Lipinski definition) is 3. The number of ether oxygens (including phenoxy) is 1. The molecule has 134 valence electrons. The number of carbonyl (C=O) groups is 1. The van der Waals surface area contributed by atoms with Crippen molar-refractivity contribution in [3.63, 3.8) is 0 Å². The van der Waals surface area contributed by atoms with E-state index in [4.69, 9.17) is 4.74 Å². The van der Waals surface area contributed by atoms with Crippen LogP contribution in [0.4, 0.5) is 0 Å². The number of hydrogen-bond donors (Lipinski definition) is 1. The van der Waals surface area contributed by atoms with Crippen molar-refractivity contribution in [3.8, 4) is 0 Å². The van der Waals surface area contributed by atoms with Crippen LogP contribution in [-0.2, 0) is 22.6 Å². The van der Waals surface area contributed by atoms with Crippen LogP contribution in [0.3, 0.4) is 0 Å². The number of amides is 1. The Morgan fingerprint density at radius 1 is 1.24 bits per heavy atom.